The lowest BCUT2D eigenvalue weighted by atomic mass is 10.1. The molecule has 0 amide bonds. The van der Waals surface area contributed by atoms with Crippen molar-refractivity contribution in [2.45, 2.75) is 19.9 Å². The van der Waals surface area contributed by atoms with E-state index in [1.165, 1.54) is 0 Å². The molecule has 0 fully saturated rings. The molecule has 2 aromatic rings. The minimum absolute atomic E-state index is 0.265. The highest BCUT2D eigenvalue weighted by molar-refractivity contribution is 8.01. The Kier molecular flexibility index (Phi) is 4.39. The highest BCUT2D eigenvalue weighted by atomic mass is 32.2. The van der Waals surface area contributed by atoms with E-state index in [-0.39, 0.29) is 6.04 Å². The monoisotopic (exact) mass is 308 g/mol. The van der Waals surface area contributed by atoms with Crippen LogP contribution >= 0.6 is 0 Å². The van der Waals surface area contributed by atoms with Crippen LogP contribution in [0, 0.1) is 0 Å². The van der Waals surface area contributed by atoms with Crippen molar-refractivity contribution < 1.29 is 13.0 Å². The third-order valence-electron chi connectivity index (χ3n) is 2.57. The van der Waals surface area contributed by atoms with Crippen LogP contribution in [-0.4, -0.2) is 34.1 Å². The maximum Gasteiger partial charge on any atom is 0.328 e. The number of H-pyrrole nitrogens is 1. The van der Waals surface area contributed by atoms with Crippen molar-refractivity contribution in [1.29, 1.82) is 0 Å². The number of amidine groups is 1. The number of aromatic nitrogens is 2. The SMILES string of the molecule is CC(C)N=C(Nc1ccc(-c2cnc[nH]2)cc1)S(=O)(=O)O. The van der Waals surface area contributed by atoms with Gasteiger partial charge in [0.2, 0.25) is 5.17 Å². The molecule has 1 aromatic heterocycles. The minimum atomic E-state index is -4.39. The lowest BCUT2D eigenvalue weighted by Crippen LogP contribution is -2.24. The van der Waals surface area contributed by atoms with Crippen LogP contribution in [0.1, 0.15) is 13.8 Å². The van der Waals surface area contributed by atoms with Gasteiger partial charge < -0.3 is 10.3 Å². The minimum Gasteiger partial charge on any atom is -0.345 e. The van der Waals surface area contributed by atoms with Crippen LogP contribution in [0.25, 0.3) is 11.3 Å². The van der Waals surface area contributed by atoms with E-state index in [4.69, 9.17) is 4.55 Å². The third kappa shape index (κ3) is 4.14. The van der Waals surface area contributed by atoms with Gasteiger partial charge in [-0.1, -0.05) is 12.1 Å². The number of nitrogens with zero attached hydrogens (tertiary/aromatic N) is 2. The first-order valence-electron chi connectivity index (χ1n) is 6.27. The number of imidazole rings is 1. The molecule has 21 heavy (non-hydrogen) atoms. The average molecular weight is 308 g/mol. The summed E-state index contributed by atoms with van der Waals surface area (Å²) in [6, 6.07) is 6.72. The Bertz CT molecular complexity index is 719. The van der Waals surface area contributed by atoms with Gasteiger partial charge in [-0.05, 0) is 31.5 Å². The van der Waals surface area contributed by atoms with Gasteiger partial charge in [-0.2, -0.15) is 8.42 Å². The van der Waals surface area contributed by atoms with Crippen LogP contribution in [0.4, 0.5) is 5.69 Å². The maximum absolute atomic E-state index is 11.3. The summed E-state index contributed by atoms with van der Waals surface area (Å²) in [4.78, 5) is 10.8. The predicted molar refractivity (Wildman–Crippen MR) is 81.8 cm³/mol. The van der Waals surface area contributed by atoms with Crippen LogP contribution in [0.15, 0.2) is 41.8 Å². The average Bonchev–Trinajstić information content (AvgIpc) is 2.91. The van der Waals surface area contributed by atoms with Gasteiger partial charge in [-0.3, -0.25) is 9.55 Å². The Morgan fingerprint density at radius 3 is 2.48 bits per heavy atom. The highest BCUT2D eigenvalue weighted by Gasteiger charge is 2.16. The standard InChI is InChI=1S/C13H16N4O3S/c1-9(2)16-13(21(18,19)20)17-11-5-3-10(4-6-11)12-7-14-8-15-12/h3-9H,1-2H3,(H,14,15)(H,16,17)(H,18,19,20). The zero-order valence-electron chi connectivity index (χ0n) is 11.6. The zero-order valence-corrected chi connectivity index (χ0v) is 12.4. The summed E-state index contributed by atoms with van der Waals surface area (Å²) in [5.41, 5.74) is 2.27. The van der Waals surface area contributed by atoms with Crippen molar-refractivity contribution in [2.24, 2.45) is 4.99 Å². The van der Waals surface area contributed by atoms with E-state index >= 15 is 0 Å². The van der Waals surface area contributed by atoms with Gasteiger partial charge in [0.15, 0.2) is 0 Å². The summed E-state index contributed by atoms with van der Waals surface area (Å²) in [6.07, 6.45) is 3.26. The Morgan fingerprint density at radius 1 is 1.33 bits per heavy atom. The molecule has 7 nitrogen and oxygen atoms in total. The summed E-state index contributed by atoms with van der Waals surface area (Å²) in [6.45, 7) is 3.43. The molecule has 1 heterocycles. The number of hydrogen-bond donors (Lipinski definition) is 3. The summed E-state index contributed by atoms with van der Waals surface area (Å²) in [7, 11) is -4.39. The second-order valence-corrected chi connectivity index (χ2v) is 6.01. The molecule has 2 rings (SSSR count). The summed E-state index contributed by atoms with van der Waals surface area (Å²) in [5.74, 6) is 0. The Balaban J connectivity index is 2.23. The number of aliphatic imine (C=N–C) groups is 1. The molecule has 8 heteroatoms. The first-order chi connectivity index (χ1) is 9.86. The molecule has 0 radical (unpaired) electrons. The fourth-order valence-corrected chi connectivity index (χ4v) is 2.26. The Labute approximate surface area is 122 Å². The highest BCUT2D eigenvalue weighted by Crippen LogP contribution is 2.19. The van der Waals surface area contributed by atoms with Gasteiger partial charge >= 0.3 is 10.1 Å². The molecule has 0 bridgehead atoms. The van der Waals surface area contributed by atoms with E-state index < -0.39 is 15.3 Å². The molecular weight excluding hydrogens is 292 g/mol. The fourth-order valence-electron chi connectivity index (χ4n) is 1.67. The Hall–Kier alpha value is -2.19. The molecule has 0 saturated carbocycles. The van der Waals surface area contributed by atoms with Gasteiger partial charge in [-0.25, -0.2) is 4.98 Å². The molecule has 0 aliphatic rings. The number of anilines is 1. The third-order valence-corrected chi connectivity index (χ3v) is 3.26. The van der Waals surface area contributed by atoms with Crippen LogP contribution in [0.2, 0.25) is 0 Å². The van der Waals surface area contributed by atoms with E-state index in [0.29, 0.717) is 5.69 Å². The molecule has 3 N–H and O–H groups in total. The van der Waals surface area contributed by atoms with Crippen molar-refractivity contribution in [3.63, 3.8) is 0 Å². The lowest BCUT2D eigenvalue weighted by molar-refractivity contribution is 0.497. The maximum atomic E-state index is 11.3. The van der Waals surface area contributed by atoms with Crippen LogP contribution < -0.4 is 5.32 Å². The second-order valence-electron chi connectivity index (χ2n) is 4.67. The van der Waals surface area contributed by atoms with Crippen molar-refractivity contribution in [3.8, 4) is 11.3 Å². The molecule has 0 aliphatic carbocycles. The van der Waals surface area contributed by atoms with Gasteiger partial charge in [0.25, 0.3) is 0 Å². The van der Waals surface area contributed by atoms with Gasteiger partial charge in [0, 0.05) is 11.7 Å². The van der Waals surface area contributed by atoms with Gasteiger partial charge in [0.1, 0.15) is 0 Å². The Morgan fingerprint density at radius 2 is 2.00 bits per heavy atom. The first kappa shape index (κ1) is 15.2. The number of benzene rings is 1. The van der Waals surface area contributed by atoms with Crippen molar-refractivity contribution in [3.05, 3.63) is 36.8 Å². The summed E-state index contributed by atoms with van der Waals surface area (Å²) >= 11 is 0. The van der Waals surface area contributed by atoms with Crippen LogP contribution in [0.5, 0.6) is 0 Å². The smallest absolute Gasteiger partial charge is 0.328 e. The summed E-state index contributed by atoms with van der Waals surface area (Å²) < 4.78 is 31.7. The van der Waals surface area contributed by atoms with Crippen molar-refractivity contribution in [1.82, 2.24) is 9.97 Å². The van der Waals surface area contributed by atoms with Crippen molar-refractivity contribution in [2.75, 3.05) is 5.32 Å². The topological polar surface area (TPSA) is 107 Å². The molecule has 0 saturated heterocycles. The second kappa shape index (κ2) is 6.06. The molecule has 1 aromatic carbocycles. The molecular formula is C13H16N4O3S. The fraction of sp³-hybridized carbons (Fsp3) is 0.231. The largest absolute Gasteiger partial charge is 0.345 e. The molecule has 0 spiro atoms. The summed E-state index contributed by atoms with van der Waals surface area (Å²) in [5, 5.41) is 2.14. The molecule has 0 aliphatic heterocycles. The van der Waals surface area contributed by atoms with Crippen LogP contribution in [-0.2, 0) is 10.1 Å². The molecule has 0 atom stereocenters. The lowest BCUT2D eigenvalue weighted by Gasteiger charge is -2.09. The number of nitrogens with one attached hydrogen (secondary N) is 2. The number of rotatable bonds is 3. The van der Waals surface area contributed by atoms with Crippen LogP contribution in [0.3, 0.4) is 0 Å². The molecule has 0 unspecified atom stereocenters. The van der Waals surface area contributed by atoms with E-state index in [0.717, 1.165) is 11.3 Å². The first-order valence-corrected chi connectivity index (χ1v) is 7.71. The molecule has 112 valence electrons. The quantitative estimate of drug-likeness (QED) is 0.457. The zero-order chi connectivity index (χ0) is 15.5. The van der Waals surface area contributed by atoms with E-state index in [1.54, 1.807) is 50.6 Å². The van der Waals surface area contributed by atoms with E-state index in [2.05, 4.69) is 20.3 Å². The van der Waals surface area contributed by atoms with Gasteiger partial charge in [0.05, 0.1) is 18.2 Å². The normalized spacial score (nSPS) is 12.7. The number of hydrogen-bond acceptors (Lipinski definition) is 4. The predicted octanol–water partition coefficient (Wildman–Crippen LogP) is 2.14. The number of aromatic amines is 1. The van der Waals surface area contributed by atoms with E-state index in [1.807, 2.05) is 0 Å². The van der Waals surface area contributed by atoms with E-state index in [9.17, 15) is 8.42 Å². The van der Waals surface area contributed by atoms with Gasteiger partial charge in [-0.15, -0.1) is 0 Å². The van der Waals surface area contributed by atoms with Crippen molar-refractivity contribution >= 4 is 21.0 Å².